The summed E-state index contributed by atoms with van der Waals surface area (Å²) in [6.07, 6.45) is 3.60. The van der Waals surface area contributed by atoms with E-state index in [-0.39, 0.29) is 11.8 Å². The molecule has 5 heteroatoms. The van der Waals surface area contributed by atoms with Gasteiger partial charge in [-0.1, -0.05) is 13.3 Å². The molecule has 0 saturated heterocycles. The standard InChI is InChI=1S/C18H22N2O3/c1-3-4-11-20(2)18(22)15-9-7-14(8-10-15)17(21)19-13-16-6-5-12-23-16/h5-10,12H,3-4,11,13H2,1-2H3,(H,19,21). The summed E-state index contributed by atoms with van der Waals surface area (Å²) < 4.78 is 5.16. The van der Waals surface area contributed by atoms with E-state index in [4.69, 9.17) is 4.42 Å². The van der Waals surface area contributed by atoms with E-state index in [1.807, 2.05) is 0 Å². The highest BCUT2D eigenvalue weighted by molar-refractivity contribution is 5.97. The lowest BCUT2D eigenvalue weighted by atomic mass is 10.1. The van der Waals surface area contributed by atoms with E-state index < -0.39 is 0 Å². The molecular weight excluding hydrogens is 292 g/mol. The molecule has 2 rings (SSSR count). The molecule has 0 aliphatic carbocycles. The second kappa shape index (κ2) is 8.17. The summed E-state index contributed by atoms with van der Waals surface area (Å²) in [6, 6.07) is 10.3. The van der Waals surface area contributed by atoms with Crippen molar-refractivity contribution in [2.75, 3.05) is 13.6 Å². The monoisotopic (exact) mass is 314 g/mol. The van der Waals surface area contributed by atoms with E-state index in [0.717, 1.165) is 19.4 Å². The van der Waals surface area contributed by atoms with Gasteiger partial charge in [-0.05, 0) is 42.8 Å². The van der Waals surface area contributed by atoms with E-state index in [1.54, 1.807) is 54.6 Å². The van der Waals surface area contributed by atoms with Gasteiger partial charge in [0.15, 0.2) is 0 Å². The molecule has 122 valence electrons. The average Bonchev–Trinajstić information content (AvgIpc) is 3.10. The number of carbonyl (C=O) groups excluding carboxylic acids is 2. The predicted molar refractivity (Wildman–Crippen MR) is 88.2 cm³/mol. The molecule has 0 radical (unpaired) electrons. The van der Waals surface area contributed by atoms with Crippen LogP contribution in [0.4, 0.5) is 0 Å². The number of unbranched alkanes of at least 4 members (excludes halogenated alkanes) is 1. The molecule has 5 nitrogen and oxygen atoms in total. The van der Waals surface area contributed by atoms with Crippen LogP contribution in [0.15, 0.2) is 47.1 Å². The minimum absolute atomic E-state index is 0.0269. The van der Waals surface area contributed by atoms with Crippen LogP contribution in [0.1, 0.15) is 46.2 Å². The Hall–Kier alpha value is -2.56. The highest BCUT2D eigenvalue weighted by atomic mass is 16.3. The van der Waals surface area contributed by atoms with Crippen molar-refractivity contribution in [1.82, 2.24) is 10.2 Å². The number of amides is 2. The Morgan fingerprint density at radius 2 is 1.83 bits per heavy atom. The highest BCUT2D eigenvalue weighted by Gasteiger charge is 2.12. The van der Waals surface area contributed by atoms with Gasteiger partial charge in [-0.15, -0.1) is 0 Å². The average molecular weight is 314 g/mol. The molecule has 2 aromatic rings. The molecule has 2 amide bonds. The Labute approximate surface area is 136 Å². The zero-order valence-corrected chi connectivity index (χ0v) is 13.5. The Morgan fingerprint density at radius 1 is 1.13 bits per heavy atom. The van der Waals surface area contributed by atoms with Gasteiger partial charge in [-0.25, -0.2) is 0 Å². The number of benzene rings is 1. The lowest BCUT2D eigenvalue weighted by molar-refractivity contribution is 0.0792. The van der Waals surface area contributed by atoms with Crippen LogP contribution in [0.3, 0.4) is 0 Å². The molecule has 0 unspecified atom stereocenters. The first-order chi connectivity index (χ1) is 11.1. The normalized spacial score (nSPS) is 10.3. The molecule has 1 aromatic heterocycles. The Balaban J connectivity index is 1.93. The summed E-state index contributed by atoms with van der Waals surface area (Å²) in [5.74, 6) is 0.475. The van der Waals surface area contributed by atoms with Crippen molar-refractivity contribution < 1.29 is 14.0 Å². The third-order valence-electron chi connectivity index (χ3n) is 3.59. The van der Waals surface area contributed by atoms with Gasteiger partial charge in [0, 0.05) is 24.7 Å². The van der Waals surface area contributed by atoms with Crippen molar-refractivity contribution in [1.29, 1.82) is 0 Å². The summed E-state index contributed by atoms with van der Waals surface area (Å²) in [6.45, 7) is 3.17. The third kappa shape index (κ3) is 4.71. The number of carbonyl (C=O) groups is 2. The van der Waals surface area contributed by atoms with Gasteiger partial charge in [-0.3, -0.25) is 9.59 Å². The Morgan fingerprint density at radius 3 is 2.43 bits per heavy atom. The molecule has 1 N–H and O–H groups in total. The molecule has 0 aliphatic rings. The van der Waals surface area contributed by atoms with Gasteiger partial charge < -0.3 is 14.6 Å². The number of hydrogen-bond donors (Lipinski definition) is 1. The summed E-state index contributed by atoms with van der Waals surface area (Å²) in [5, 5.41) is 2.77. The fraction of sp³-hybridized carbons (Fsp3) is 0.333. The van der Waals surface area contributed by atoms with Gasteiger partial charge >= 0.3 is 0 Å². The van der Waals surface area contributed by atoms with Crippen molar-refractivity contribution in [3.63, 3.8) is 0 Å². The van der Waals surface area contributed by atoms with Gasteiger partial charge in [0.1, 0.15) is 5.76 Å². The van der Waals surface area contributed by atoms with E-state index >= 15 is 0 Å². The van der Waals surface area contributed by atoms with Crippen LogP contribution in [0, 0.1) is 0 Å². The molecular formula is C18H22N2O3. The van der Waals surface area contributed by atoms with Crippen LogP contribution in [0.5, 0.6) is 0 Å². The minimum atomic E-state index is -0.195. The van der Waals surface area contributed by atoms with Gasteiger partial charge in [-0.2, -0.15) is 0 Å². The molecule has 0 spiro atoms. The van der Waals surface area contributed by atoms with Crippen molar-refractivity contribution in [3.05, 3.63) is 59.5 Å². The number of rotatable bonds is 7. The summed E-state index contributed by atoms with van der Waals surface area (Å²) in [5.41, 5.74) is 1.11. The fourth-order valence-electron chi connectivity index (χ4n) is 2.16. The first-order valence-electron chi connectivity index (χ1n) is 7.78. The lowest BCUT2D eigenvalue weighted by Crippen LogP contribution is -2.28. The van der Waals surface area contributed by atoms with Crippen LogP contribution in [-0.2, 0) is 6.54 Å². The maximum atomic E-state index is 12.2. The zero-order chi connectivity index (χ0) is 16.7. The first kappa shape index (κ1) is 16.8. The van der Waals surface area contributed by atoms with E-state index in [2.05, 4.69) is 12.2 Å². The first-order valence-corrected chi connectivity index (χ1v) is 7.78. The highest BCUT2D eigenvalue weighted by Crippen LogP contribution is 2.08. The molecule has 1 aromatic carbocycles. The Bertz CT molecular complexity index is 633. The second-order valence-electron chi connectivity index (χ2n) is 5.42. The molecule has 1 heterocycles. The second-order valence-corrected chi connectivity index (χ2v) is 5.42. The molecule has 23 heavy (non-hydrogen) atoms. The van der Waals surface area contributed by atoms with Gasteiger partial charge in [0.25, 0.3) is 11.8 Å². The molecule has 0 bridgehead atoms. The van der Waals surface area contributed by atoms with Crippen molar-refractivity contribution >= 4 is 11.8 Å². The lowest BCUT2D eigenvalue weighted by Gasteiger charge is -2.16. The van der Waals surface area contributed by atoms with Crippen LogP contribution in [0.25, 0.3) is 0 Å². The Kier molecular flexibility index (Phi) is 5.97. The minimum Gasteiger partial charge on any atom is -0.467 e. The van der Waals surface area contributed by atoms with E-state index in [1.165, 1.54) is 0 Å². The molecule has 0 atom stereocenters. The summed E-state index contributed by atoms with van der Waals surface area (Å²) in [4.78, 5) is 26.0. The van der Waals surface area contributed by atoms with E-state index in [0.29, 0.717) is 23.4 Å². The largest absolute Gasteiger partial charge is 0.467 e. The third-order valence-corrected chi connectivity index (χ3v) is 3.59. The predicted octanol–water partition coefficient (Wildman–Crippen LogP) is 3.08. The van der Waals surface area contributed by atoms with Gasteiger partial charge in [0.2, 0.25) is 0 Å². The topological polar surface area (TPSA) is 62.6 Å². The smallest absolute Gasteiger partial charge is 0.253 e. The van der Waals surface area contributed by atoms with Crippen LogP contribution in [0.2, 0.25) is 0 Å². The number of nitrogens with one attached hydrogen (secondary N) is 1. The maximum absolute atomic E-state index is 12.2. The molecule has 0 aliphatic heterocycles. The summed E-state index contributed by atoms with van der Waals surface area (Å²) in [7, 11) is 1.79. The number of furan rings is 1. The van der Waals surface area contributed by atoms with Crippen molar-refractivity contribution in [3.8, 4) is 0 Å². The zero-order valence-electron chi connectivity index (χ0n) is 13.5. The van der Waals surface area contributed by atoms with E-state index in [9.17, 15) is 9.59 Å². The molecule has 0 saturated carbocycles. The quantitative estimate of drug-likeness (QED) is 0.854. The SMILES string of the molecule is CCCCN(C)C(=O)c1ccc(C(=O)NCc2ccco2)cc1. The number of hydrogen-bond acceptors (Lipinski definition) is 3. The fourth-order valence-corrected chi connectivity index (χ4v) is 2.16. The van der Waals surface area contributed by atoms with Crippen molar-refractivity contribution in [2.24, 2.45) is 0 Å². The van der Waals surface area contributed by atoms with Crippen LogP contribution in [-0.4, -0.2) is 30.3 Å². The number of nitrogens with zero attached hydrogens (tertiary/aromatic N) is 1. The molecule has 0 fully saturated rings. The van der Waals surface area contributed by atoms with Gasteiger partial charge in [0.05, 0.1) is 12.8 Å². The maximum Gasteiger partial charge on any atom is 0.253 e. The summed E-state index contributed by atoms with van der Waals surface area (Å²) >= 11 is 0. The van der Waals surface area contributed by atoms with Crippen LogP contribution < -0.4 is 5.32 Å². The van der Waals surface area contributed by atoms with Crippen LogP contribution >= 0.6 is 0 Å². The van der Waals surface area contributed by atoms with Crippen molar-refractivity contribution in [2.45, 2.75) is 26.3 Å².